The van der Waals surface area contributed by atoms with E-state index in [0.29, 0.717) is 16.8 Å². The van der Waals surface area contributed by atoms with E-state index < -0.39 is 0 Å². The molecule has 0 spiro atoms. The average molecular weight is 330 g/mol. The van der Waals surface area contributed by atoms with Crippen LogP contribution in [0.2, 0.25) is 0 Å². The van der Waals surface area contributed by atoms with Crippen LogP contribution in [0.15, 0.2) is 23.4 Å². The minimum Gasteiger partial charge on any atom is -0.349 e. The fraction of sp³-hybridized carbons (Fsp3) is 0.471. The van der Waals surface area contributed by atoms with Crippen molar-refractivity contribution in [2.45, 2.75) is 50.7 Å². The predicted molar refractivity (Wildman–Crippen MR) is 91.6 cm³/mol. The minimum atomic E-state index is -0.00318. The van der Waals surface area contributed by atoms with Gasteiger partial charge in [0, 0.05) is 5.92 Å². The van der Waals surface area contributed by atoms with E-state index in [9.17, 15) is 4.79 Å². The van der Waals surface area contributed by atoms with Gasteiger partial charge in [0.2, 0.25) is 11.1 Å². The molecule has 23 heavy (non-hydrogen) atoms. The van der Waals surface area contributed by atoms with Crippen LogP contribution in [0, 0.1) is 13.8 Å². The van der Waals surface area contributed by atoms with Crippen LogP contribution in [0.3, 0.4) is 0 Å². The molecule has 1 saturated carbocycles. The normalized spacial score (nSPS) is 15.4. The van der Waals surface area contributed by atoms with Gasteiger partial charge in [-0.2, -0.15) is 0 Å². The summed E-state index contributed by atoms with van der Waals surface area (Å²) in [5, 5.41) is 10.8. The number of aryl methyl sites for hydroxylation is 2. The first-order chi connectivity index (χ1) is 11.0. The van der Waals surface area contributed by atoms with Gasteiger partial charge >= 0.3 is 0 Å². The third kappa shape index (κ3) is 4.13. The van der Waals surface area contributed by atoms with Crippen LogP contribution in [-0.4, -0.2) is 26.8 Å². The maximum Gasteiger partial charge on any atom is 0.230 e. The van der Waals surface area contributed by atoms with Crippen molar-refractivity contribution in [3.63, 3.8) is 0 Å². The summed E-state index contributed by atoms with van der Waals surface area (Å²) in [5.41, 5.74) is 3.63. The summed E-state index contributed by atoms with van der Waals surface area (Å²) in [6.45, 7) is 6.18. The van der Waals surface area contributed by atoms with Crippen LogP contribution in [-0.2, 0) is 4.79 Å². The molecule has 122 valence electrons. The van der Waals surface area contributed by atoms with E-state index >= 15 is 0 Å². The second-order valence-electron chi connectivity index (χ2n) is 6.20. The van der Waals surface area contributed by atoms with Crippen LogP contribution in [0.4, 0.5) is 0 Å². The Morgan fingerprint density at radius 2 is 2.17 bits per heavy atom. The van der Waals surface area contributed by atoms with Gasteiger partial charge in [0.15, 0.2) is 0 Å². The molecule has 1 unspecified atom stereocenters. The molecule has 3 rings (SSSR count). The molecule has 2 aromatic rings. The highest BCUT2D eigenvalue weighted by atomic mass is 32.2. The Balaban J connectivity index is 1.50. The zero-order valence-corrected chi connectivity index (χ0v) is 14.5. The maximum atomic E-state index is 12.1. The average Bonchev–Trinajstić information content (AvgIpc) is 3.26. The first kappa shape index (κ1) is 16.1. The second kappa shape index (κ2) is 6.74. The molecule has 1 aromatic carbocycles. The highest BCUT2D eigenvalue weighted by molar-refractivity contribution is 7.99. The van der Waals surface area contributed by atoms with Crippen molar-refractivity contribution in [2.24, 2.45) is 0 Å². The quantitative estimate of drug-likeness (QED) is 0.798. The largest absolute Gasteiger partial charge is 0.349 e. The van der Waals surface area contributed by atoms with Crippen LogP contribution < -0.4 is 5.32 Å². The number of carbonyl (C=O) groups is 1. The minimum absolute atomic E-state index is 0.00139. The number of nitrogens with zero attached hydrogens (tertiary/aromatic N) is 2. The lowest BCUT2D eigenvalue weighted by Crippen LogP contribution is -2.28. The van der Waals surface area contributed by atoms with Crippen molar-refractivity contribution in [1.82, 2.24) is 20.5 Å². The highest BCUT2D eigenvalue weighted by Crippen LogP contribution is 2.38. The maximum absolute atomic E-state index is 12.1. The number of H-pyrrole nitrogens is 1. The van der Waals surface area contributed by atoms with Crippen molar-refractivity contribution >= 4 is 17.7 Å². The first-order valence-corrected chi connectivity index (χ1v) is 8.93. The molecule has 0 saturated heterocycles. The summed E-state index contributed by atoms with van der Waals surface area (Å²) in [6.07, 6.45) is 2.38. The Bertz CT molecular complexity index is 708. The van der Waals surface area contributed by atoms with Crippen LogP contribution >= 0.6 is 11.8 Å². The van der Waals surface area contributed by atoms with E-state index in [1.54, 1.807) is 0 Å². The molecule has 6 heteroatoms. The van der Waals surface area contributed by atoms with E-state index in [2.05, 4.69) is 52.5 Å². The molecule has 1 aliphatic carbocycles. The van der Waals surface area contributed by atoms with Crippen LogP contribution in [0.1, 0.15) is 54.2 Å². The Kier molecular flexibility index (Phi) is 4.71. The number of hydrogen-bond acceptors (Lipinski definition) is 4. The lowest BCUT2D eigenvalue weighted by Gasteiger charge is -2.15. The van der Waals surface area contributed by atoms with Crippen molar-refractivity contribution < 1.29 is 4.79 Å². The van der Waals surface area contributed by atoms with Crippen LogP contribution in [0.25, 0.3) is 0 Å². The first-order valence-electron chi connectivity index (χ1n) is 7.94. The SMILES string of the molecule is Cc1ccc(C(C)NC(=O)CSc2n[nH]c(C3CC3)n2)cc1C. The summed E-state index contributed by atoms with van der Waals surface area (Å²) in [7, 11) is 0. The number of amides is 1. The molecule has 0 bridgehead atoms. The van der Waals surface area contributed by atoms with Gasteiger partial charge < -0.3 is 5.32 Å². The van der Waals surface area contributed by atoms with E-state index in [0.717, 1.165) is 11.4 Å². The fourth-order valence-corrected chi connectivity index (χ4v) is 3.01. The predicted octanol–water partition coefficient (Wildman–Crippen LogP) is 3.27. The Morgan fingerprint density at radius 3 is 2.87 bits per heavy atom. The van der Waals surface area contributed by atoms with Crippen LogP contribution in [0.5, 0.6) is 0 Å². The third-order valence-corrected chi connectivity index (χ3v) is 5.03. The molecule has 1 aliphatic rings. The molecule has 1 aromatic heterocycles. The monoisotopic (exact) mass is 330 g/mol. The topological polar surface area (TPSA) is 70.7 Å². The standard InChI is InChI=1S/C17H22N4OS/c1-10-4-5-14(8-11(10)2)12(3)18-15(22)9-23-17-19-16(20-21-17)13-6-7-13/h4-5,8,12-13H,6-7,9H2,1-3H3,(H,18,22)(H,19,20,21). The van der Waals surface area contributed by atoms with Gasteiger partial charge in [-0.25, -0.2) is 4.98 Å². The number of aromatic nitrogens is 3. The number of aromatic amines is 1. The molecule has 1 amide bonds. The summed E-state index contributed by atoms with van der Waals surface area (Å²) >= 11 is 1.37. The van der Waals surface area contributed by atoms with Gasteiger partial charge in [-0.1, -0.05) is 30.0 Å². The summed E-state index contributed by atoms with van der Waals surface area (Å²) in [6, 6.07) is 6.29. The Hall–Kier alpha value is -1.82. The molecule has 1 heterocycles. The van der Waals surface area contributed by atoms with E-state index in [1.165, 1.54) is 35.7 Å². The second-order valence-corrected chi connectivity index (χ2v) is 7.14. The molecule has 1 fully saturated rings. The molecule has 0 radical (unpaired) electrons. The van der Waals surface area contributed by atoms with E-state index in [1.807, 2.05) is 6.92 Å². The molecular weight excluding hydrogens is 308 g/mol. The van der Waals surface area contributed by atoms with Gasteiger partial charge in [0.05, 0.1) is 11.8 Å². The number of rotatable bonds is 6. The Labute approximate surface area is 140 Å². The lowest BCUT2D eigenvalue weighted by molar-refractivity contribution is -0.119. The fourth-order valence-electron chi connectivity index (χ4n) is 2.39. The number of carbonyl (C=O) groups excluding carboxylic acids is 1. The lowest BCUT2D eigenvalue weighted by atomic mass is 10.0. The van der Waals surface area contributed by atoms with Crippen molar-refractivity contribution in [2.75, 3.05) is 5.75 Å². The number of nitrogens with one attached hydrogen (secondary N) is 2. The Morgan fingerprint density at radius 1 is 1.39 bits per heavy atom. The molecule has 0 aliphatic heterocycles. The molecular formula is C17H22N4OS. The summed E-state index contributed by atoms with van der Waals surface area (Å²) in [4.78, 5) is 16.5. The van der Waals surface area contributed by atoms with Gasteiger partial charge in [-0.3, -0.25) is 9.89 Å². The number of thioether (sulfide) groups is 1. The number of hydrogen-bond donors (Lipinski definition) is 2. The van der Waals surface area contributed by atoms with Crippen molar-refractivity contribution in [3.8, 4) is 0 Å². The van der Waals surface area contributed by atoms with Gasteiger partial charge in [-0.05, 0) is 50.3 Å². The molecule has 5 nitrogen and oxygen atoms in total. The van der Waals surface area contributed by atoms with Gasteiger partial charge in [0.25, 0.3) is 0 Å². The van der Waals surface area contributed by atoms with E-state index in [4.69, 9.17) is 0 Å². The summed E-state index contributed by atoms with van der Waals surface area (Å²) < 4.78 is 0. The van der Waals surface area contributed by atoms with Crippen molar-refractivity contribution in [1.29, 1.82) is 0 Å². The zero-order chi connectivity index (χ0) is 16.4. The zero-order valence-electron chi connectivity index (χ0n) is 13.7. The third-order valence-electron chi connectivity index (χ3n) is 4.19. The van der Waals surface area contributed by atoms with Crippen molar-refractivity contribution in [3.05, 3.63) is 40.7 Å². The molecule has 2 N–H and O–H groups in total. The number of benzene rings is 1. The van der Waals surface area contributed by atoms with Gasteiger partial charge in [-0.15, -0.1) is 5.10 Å². The highest BCUT2D eigenvalue weighted by Gasteiger charge is 2.27. The smallest absolute Gasteiger partial charge is 0.230 e. The van der Waals surface area contributed by atoms with Gasteiger partial charge in [0.1, 0.15) is 5.82 Å². The molecule has 1 atom stereocenters. The van der Waals surface area contributed by atoms with E-state index in [-0.39, 0.29) is 11.9 Å². The summed E-state index contributed by atoms with van der Waals surface area (Å²) in [5.74, 6) is 1.84.